The molecule has 1 aliphatic heterocycles. The number of nitrogens with one attached hydrogen (secondary N) is 2. The lowest BCUT2D eigenvalue weighted by molar-refractivity contribution is -0.124. The van der Waals surface area contributed by atoms with Gasteiger partial charge in [0.05, 0.1) is 11.6 Å². The van der Waals surface area contributed by atoms with Crippen LogP contribution in [0, 0.1) is 11.3 Å². The van der Waals surface area contributed by atoms with Gasteiger partial charge in [-0.3, -0.25) is 15.0 Å². The summed E-state index contributed by atoms with van der Waals surface area (Å²) in [4.78, 5) is 32.6. The van der Waals surface area contributed by atoms with Crippen LogP contribution in [0.2, 0.25) is 0 Å². The topological polar surface area (TPSA) is 101 Å². The molecule has 1 atom stereocenters. The summed E-state index contributed by atoms with van der Waals surface area (Å²) in [6.45, 7) is 4.69. The smallest absolute Gasteiger partial charge is 0.321 e. The van der Waals surface area contributed by atoms with Crippen molar-refractivity contribution in [1.82, 2.24) is 20.5 Å². The van der Waals surface area contributed by atoms with Crippen LogP contribution in [0.15, 0.2) is 18.3 Å². The summed E-state index contributed by atoms with van der Waals surface area (Å²) in [5.74, 6) is 0.407. The van der Waals surface area contributed by atoms with E-state index in [4.69, 9.17) is 0 Å². The number of imide groups is 1. The second-order valence-electron chi connectivity index (χ2n) is 6.78. The first kappa shape index (κ1) is 18.1. The molecule has 2 fully saturated rings. The predicted molar refractivity (Wildman–Crippen MR) is 96.5 cm³/mol. The lowest BCUT2D eigenvalue weighted by Gasteiger charge is -2.27. The number of carbonyl (C=O) groups excluding carboxylic acids is 2. The second-order valence-corrected chi connectivity index (χ2v) is 6.78. The van der Waals surface area contributed by atoms with Gasteiger partial charge in [-0.15, -0.1) is 0 Å². The van der Waals surface area contributed by atoms with Gasteiger partial charge in [0.25, 0.3) is 0 Å². The minimum atomic E-state index is -0.409. The Bertz CT molecular complexity index is 712. The quantitative estimate of drug-likeness (QED) is 0.829. The molecule has 2 aliphatic rings. The van der Waals surface area contributed by atoms with Gasteiger partial charge in [0.15, 0.2) is 0 Å². The molecular formula is C18H24N6O2. The molecule has 0 spiro atoms. The van der Waals surface area contributed by atoms with Crippen molar-refractivity contribution in [2.75, 3.05) is 31.1 Å². The first-order valence-electron chi connectivity index (χ1n) is 9.04. The van der Waals surface area contributed by atoms with Crippen LogP contribution >= 0.6 is 0 Å². The van der Waals surface area contributed by atoms with Crippen LogP contribution in [0.3, 0.4) is 0 Å². The molecule has 1 saturated carbocycles. The lowest BCUT2D eigenvalue weighted by Crippen LogP contribution is -2.50. The Kier molecular flexibility index (Phi) is 5.68. The molecule has 3 rings (SSSR count). The zero-order chi connectivity index (χ0) is 18.5. The molecule has 3 amide bonds. The molecule has 1 saturated heterocycles. The van der Waals surface area contributed by atoms with Crippen LogP contribution < -0.4 is 15.5 Å². The number of pyridine rings is 1. The fourth-order valence-corrected chi connectivity index (χ4v) is 3.10. The van der Waals surface area contributed by atoms with Crippen molar-refractivity contribution in [3.8, 4) is 6.07 Å². The maximum absolute atomic E-state index is 12.3. The molecule has 1 aromatic heterocycles. The Morgan fingerprint density at radius 3 is 2.85 bits per heavy atom. The number of carbonyl (C=O) groups is 2. The molecule has 0 bridgehead atoms. The molecule has 0 aromatic carbocycles. The summed E-state index contributed by atoms with van der Waals surface area (Å²) in [6, 6.07) is 5.12. The van der Waals surface area contributed by atoms with E-state index in [2.05, 4.69) is 31.5 Å². The van der Waals surface area contributed by atoms with Gasteiger partial charge >= 0.3 is 6.03 Å². The van der Waals surface area contributed by atoms with E-state index >= 15 is 0 Å². The third-order valence-electron chi connectivity index (χ3n) is 4.81. The number of hydrogen-bond acceptors (Lipinski definition) is 6. The fraction of sp³-hybridized carbons (Fsp3) is 0.556. The first-order chi connectivity index (χ1) is 12.6. The van der Waals surface area contributed by atoms with E-state index in [1.54, 1.807) is 18.3 Å². The number of rotatable bonds is 4. The highest BCUT2D eigenvalue weighted by Crippen LogP contribution is 2.19. The monoisotopic (exact) mass is 356 g/mol. The van der Waals surface area contributed by atoms with Gasteiger partial charge in [-0.05, 0) is 38.3 Å². The lowest BCUT2D eigenvalue weighted by atomic mass is 10.2. The number of amides is 3. The molecule has 8 heteroatoms. The molecule has 2 heterocycles. The average molecular weight is 356 g/mol. The summed E-state index contributed by atoms with van der Waals surface area (Å²) in [7, 11) is 0. The summed E-state index contributed by atoms with van der Waals surface area (Å²) < 4.78 is 0. The van der Waals surface area contributed by atoms with Gasteiger partial charge in [-0.25, -0.2) is 9.78 Å². The van der Waals surface area contributed by atoms with E-state index in [0.717, 1.165) is 32.4 Å². The summed E-state index contributed by atoms with van der Waals surface area (Å²) in [5, 5.41) is 14.5. The first-order valence-corrected chi connectivity index (χ1v) is 9.04. The highest BCUT2D eigenvalue weighted by molar-refractivity contribution is 5.97. The Morgan fingerprint density at radius 2 is 2.12 bits per heavy atom. The van der Waals surface area contributed by atoms with Crippen LogP contribution in [0.25, 0.3) is 0 Å². The molecule has 1 unspecified atom stereocenters. The SMILES string of the molecule is CC(C(=O)NC(=O)NC1CC1)N1CCCN(c2ncccc2C#N)CC1. The molecule has 8 nitrogen and oxygen atoms in total. The Balaban J connectivity index is 1.56. The van der Waals surface area contributed by atoms with Crippen LogP contribution in [0.4, 0.5) is 10.6 Å². The molecule has 0 radical (unpaired) electrons. The van der Waals surface area contributed by atoms with E-state index in [9.17, 15) is 14.9 Å². The van der Waals surface area contributed by atoms with Crippen molar-refractivity contribution in [2.24, 2.45) is 0 Å². The maximum atomic E-state index is 12.3. The zero-order valence-electron chi connectivity index (χ0n) is 14.9. The van der Waals surface area contributed by atoms with Crippen LogP contribution in [-0.2, 0) is 4.79 Å². The molecule has 1 aliphatic carbocycles. The van der Waals surface area contributed by atoms with E-state index in [-0.39, 0.29) is 18.0 Å². The van der Waals surface area contributed by atoms with Crippen LogP contribution in [-0.4, -0.2) is 60.1 Å². The van der Waals surface area contributed by atoms with Crippen LogP contribution in [0.1, 0.15) is 31.7 Å². The minimum Gasteiger partial charge on any atom is -0.354 e. The van der Waals surface area contributed by atoms with Gasteiger partial charge in [0, 0.05) is 38.4 Å². The average Bonchev–Trinajstić information content (AvgIpc) is 3.47. The molecule has 2 N–H and O–H groups in total. The highest BCUT2D eigenvalue weighted by atomic mass is 16.2. The molecule has 1 aromatic rings. The van der Waals surface area contributed by atoms with Gasteiger partial charge in [-0.2, -0.15) is 5.26 Å². The minimum absolute atomic E-state index is 0.220. The van der Waals surface area contributed by atoms with E-state index in [1.807, 2.05) is 6.92 Å². The largest absolute Gasteiger partial charge is 0.354 e. The van der Waals surface area contributed by atoms with Crippen molar-refractivity contribution >= 4 is 17.8 Å². The Labute approximate surface area is 153 Å². The predicted octanol–water partition coefficient (Wildman–Crippen LogP) is 0.842. The number of hydrogen-bond donors (Lipinski definition) is 2. The molecular weight excluding hydrogens is 332 g/mol. The fourth-order valence-electron chi connectivity index (χ4n) is 3.10. The number of anilines is 1. The van der Waals surface area contributed by atoms with Gasteiger partial charge in [-0.1, -0.05) is 0 Å². The van der Waals surface area contributed by atoms with Gasteiger partial charge in [0.2, 0.25) is 5.91 Å². The molecule has 26 heavy (non-hydrogen) atoms. The number of aromatic nitrogens is 1. The van der Waals surface area contributed by atoms with Gasteiger partial charge < -0.3 is 10.2 Å². The Morgan fingerprint density at radius 1 is 1.31 bits per heavy atom. The maximum Gasteiger partial charge on any atom is 0.321 e. The third-order valence-corrected chi connectivity index (χ3v) is 4.81. The van der Waals surface area contributed by atoms with Crippen molar-refractivity contribution in [3.05, 3.63) is 23.9 Å². The zero-order valence-corrected chi connectivity index (χ0v) is 14.9. The van der Waals surface area contributed by atoms with Crippen molar-refractivity contribution in [1.29, 1.82) is 5.26 Å². The molecule has 138 valence electrons. The second kappa shape index (κ2) is 8.15. The summed E-state index contributed by atoms with van der Waals surface area (Å²) in [6.07, 6.45) is 4.51. The Hall–Kier alpha value is -2.66. The number of nitriles is 1. The third kappa shape index (κ3) is 4.49. The van der Waals surface area contributed by atoms with E-state index in [1.165, 1.54) is 0 Å². The van der Waals surface area contributed by atoms with Crippen LogP contribution in [0.5, 0.6) is 0 Å². The number of urea groups is 1. The van der Waals surface area contributed by atoms with Crippen molar-refractivity contribution < 1.29 is 9.59 Å². The summed E-state index contributed by atoms with van der Waals surface area (Å²) in [5.41, 5.74) is 0.559. The number of nitrogens with zero attached hydrogens (tertiary/aromatic N) is 4. The van der Waals surface area contributed by atoms with Crippen molar-refractivity contribution in [3.63, 3.8) is 0 Å². The van der Waals surface area contributed by atoms with Crippen molar-refractivity contribution in [2.45, 2.75) is 38.3 Å². The van der Waals surface area contributed by atoms with E-state index in [0.29, 0.717) is 24.5 Å². The highest BCUT2D eigenvalue weighted by Gasteiger charge is 2.28. The normalized spacial score (nSPS) is 19.2. The van der Waals surface area contributed by atoms with Gasteiger partial charge in [0.1, 0.15) is 11.9 Å². The van der Waals surface area contributed by atoms with E-state index < -0.39 is 6.03 Å². The summed E-state index contributed by atoms with van der Waals surface area (Å²) >= 11 is 0. The standard InChI is InChI=1S/C18H24N6O2/c1-13(17(25)22-18(26)21-15-5-6-15)23-8-3-9-24(11-10-23)16-14(12-19)4-2-7-20-16/h2,4,7,13,15H,3,5-6,8-11H2,1H3,(H2,21,22,25,26).